The maximum Gasteiger partial charge on any atom is 0.147 e. The number of aromatic hydroxyl groups is 1. The van der Waals surface area contributed by atoms with E-state index in [0.717, 1.165) is 55.1 Å². The van der Waals surface area contributed by atoms with Crippen LogP contribution in [0, 0.1) is 11.7 Å². The number of aryl methyl sites for hydroxylation is 1. The van der Waals surface area contributed by atoms with Crippen LogP contribution in [-0.4, -0.2) is 43.8 Å². The second kappa shape index (κ2) is 10.1. The fourth-order valence-corrected chi connectivity index (χ4v) is 6.94. The van der Waals surface area contributed by atoms with Crippen LogP contribution in [0.25, 0.3) is 0 Å². The first kappa shape index (κ1) is 24.9. The molecular weight excluding hydrogens is 481 g/mol. The maximum atomic E-state index is 15.9. The molecular formula is C32H34FNO4. The molecule has 0 amide bonds. The molecule has 0 radical (unpaired) electrons. The summed E-state index contributed by atoms with van der Waals surface area (Å²) >= 11 is 0. The van der Waals surface area contributed by atoms with Gasteiger partial charge in [0.05, 0.1) is 25.0 Å². The molecule has 1 aliphatic carbocycles. The number of halogens is 1. The van der Waals surface area contributed by atoms with Gasteiger partial charge in [-0.25, -0.2) is 4.39 Å². The number of aldehydes is 1. The van der Waals surface area contributed by atoms with Crippen LogP contribution < -0.4 is 9.64 Å². The Morgan fingerprint density at radius 1 is 1.08 bits per heavy atom. The van der Waals surface area contributed by atoms with Gasteiger partial charge in [0.1, 0.15) is 23.6 Å². The predicted octanol–water partition coefficient (Wildman–Crippen LogP) is 5.98. The molecule has 198 valence electrons. The third-order valence-electron chi connectivity index (χ3n) is 8.90. The number of ether oxygens (including phenoxy) is 2. The van der Waals surface area contributed by atoms with Gasteiger partial charge in [0.2, 0.25) is 0 Å². The van der Waals surface area contributed by atoms with Gasteiger partial charge >= 0.3 is 0 Å². The number of phenols is 1. The minimum absolute atomic E-state index is 0.0319. The Hall–Kier alpha value is -3.38. The number of nitrogens with zero attached hydrogens (tertiary/aromatic N) is 1. The van der Waals surface area contributed by atoms with Crippen molar-refractivity contribution in [2.75, 3.05) is 31.7 Å². The number of anilines is 1. The smallest absolute Gasteiger partial charge is 0.147 e. The Kier molecular flexibility index (Phi) is 6.60. The van der Waals surface area contributed by atoms with Crippen LogP contribution in [0.3, 0.4) is 0 Å². The largest absolute Gasteiger partial charge is 0.508 e. The van der Waals surface area contributed by atoms with E-state index in [2.05, 4.69) is 17.0 Å². The lowest BCUT2D eigenvalue weighted by Crippen LogP contribution is -2.44. The van der Waals surface area contributed by atoms with Crippen LogP contribution in [0.2, 0.25) is 0 Å². The van der Waals surface area contributed by atoms with Crippen molar-refractivity contribution < 1.29 is 23.8 Å². The van der Waals surface area contributed by atoms with E-state index in [1.54, 1.807) is 19.2 Å². The van der Waals surface area contributed by atoms with E-state index in [-0.39, 0.29) is 34.9 Å². The minimum Gasteiger partial charge on any atom is -0.508 e. The first-order valence-corrected chi connectivity index (χ1v) is 13.6. The van der Waals surface area contributed by atoms with Crippen molar-refractivity contribution in [3.8, 4) is 11.5 Å². The van der Waals surface area contributed by atoms with E-state index in [1.165, 1.54) is 5.56 Å². The molecule has 3 aromatic carbocycles. The zero-order chi connectivity index (χ0) is 26.3. The molecule has 5 nitrogen and oxygen atoms in total. The van der Waals surface area contributed by atoms with Crippen LogP contribution in [0.4, 0.5) is 10.1 Å². The number of piperidine rings is 1. The summed E-state index contributed by atoms with van der Waals surface area (Å²) in [5.41, 5.74) is 4.54. The Morgan fingerprint density at radius 3 is 2.58 bits per heavy atom. The van der Waals surface area contributed by atoms with E-state index < -0.39 is 0 Å². The number of hydrogen-bond acceptors (Lipinski definition) is 5. The monoisotopic (exact) mass is 515 g/mol. The van der Waals surface area contributed by atoms with E-state index in [0.29, 0.717) is 31.1 Å². The van der Waals surface area contributed by atoms with Crippen molar-refractivity contribution in [1.29, 1.82) is 0 Å². The van der Waals surface area contributed by atoms with Crippen molar-refractivity contribution in [3.63, 3.8) is 0 Å². The van der Waals surface area contributed by atoms with E-state index in [1.807, 2.05) is 36.4 Å². The third-order valence-corrected chi connectivity index (χ3v) is 8.90. The number of carbonyl (C=O) groups is 1. The maximum absolute atomic E-state index is 15.9. The highest BCUT2D eigenvalue weighted by atomic mass is 19.1. The molecule has 3 aliphatic rings. The standard InChI is InChI=1S/C32H34FNO4/c1-37-30-17-29(34-13-11-32(12-14-34)18-21(19-35)20-38-32)28(33)16-27(30)31-25(22-5-3-2-4-6-22)9-7-23-15-24(36)8-10-26(23)31/h2-6,8,10,15-17,19,21,25,31,36H,7,9,11-14,18,20H2,1H3/t21?,25-,31+/m1/s1. The highest BCUT2D eigenvalue weighted by molar-refractivity contribution is 5.60. The molecule has 1 unspecified atom stereocenters. The second-order valence-electron chi connectivity index (χ2n) is 11.0. The van der Waals surface area contributed by atoms with E-state index in [4.69, 9.17) is 9.47 Å². The van der Waals surface area contributed by atoms with Crippen molar-refractivity contribution in [3.05, 3.63) is 88.7 Å². The van der Waals surface area contributed by atoms with Gasteiger partial charge in [-0.2, -0.15) is 0 Å². The van der Waals surface area contributed by atoms with Crippen molar-refractivity contribution in [1.82, 2.24) is 0 Å². The van der Waals surface area contributed by atoms with Gasteiger partial charge < -0.3 is 24.3 Å². The number of fused-ring (bicyclic) bond motifs is 1. The molecule has 6 rings (SSSR count). The number of methoxy groups -OCH3 is 1. The summed E-state index contributed by atoms with van der Waals surface area (Å²) in [6, 6.07) is 19.5. The lowest BCUT2D eigenvalue weighted by molar-refractivity contribution is -0.111. The molecule has 2 saturated heterocycles. The summed E-state index contributed by atoms with van der Waals surface area (Å²) in [4.78, 5) is 13.3. The highest BCUT2D eigenvalue weighted by Gasteiger charge is 2.43. The van der Waals surface area contributed by atoms with Gasteiger partial charge in [-0.3, -0.25) is 0 Å². The first-order valence-electron chi connectivity index (χ1n) is 13.6. The number of phenolic OH excluding ortho intramolecular Hbond substituents is 1. The van der Waals surface area contributed by atoms with Gasteiger partial charge in [0, 0.05) is 36.6 Å². The third kappa shape index (κ3) is 4.45. The molecule has 2 fully saturated rings. The molecule has 2 aliphatic heterocycles. The fraction of sp³-hybridized carbons (Fsp3) is 0.406. The molecule has 0 saturated carbocycles. The molecule has 2 heterocycles. The molecule has 0 bridgehead atoms. The molecule has 6 heteroatoms. The molecule has 3 atom stereocenters. The molecule has 1 spiro atoms. The number of carbonyl (C=O) groups excluding carboxylic acids is 1. The second-order valence-corrected chi connectivity index (χ2v) is 11.0. The Bertz CT molecular complexity index is 1320. The number of hydrogen-bond donors (Lipinski definition) is 1. The van der Waals surface area contributed by atoms with Crippen LogP contribution in [0.5, 0.6) is 11.5 Å². The molecule has 38 heavy (non-hydrogen) atoms. The van der Waals surface area contributed by atoms with E-state index >= 15 is 4.39 Å². The molecule has 3 aromatic rings. The Labute approximate surface area is 223 Å². The lowest BCUT2D eigenvalue weighted by atomic mass is 9.69. The lowest BCUT2D eigenvalue weighted by Gasteiger charge is -2.40. The summed E-state index contributed by atoms with van der Waals surface area (Å²) in [5, 5.41) is 10.1. The van der Waals surface area contributed by atoms with Gasteiger partial charge in [-0.1, -0.05) is 36.4 Å². The zero-order valence-corrected chi connectivity index (χ0v) is 21.7. The normalized spacial score (nSPS) is 24.3. The van der Waals surface area contributed by atoms with E-state index in [9.17, 15) is 9.90 Å². The number of benzene rings is 3. The molecule has 0 aromatic heterocycles. The predicted molar refractivity (Wildman–Crippen MR) is 145 cm³/mol. The van der Waals surface area contributed by atoms with Crippen LogP contribution in [0.15, 0.2) is 60.7 Å². The van der Waals surface area contributed by atoms with Crippen LogP contribution in [0.1, 0.15) is 59.8 Å². The topological polar surface area (TPSA) is 59.0 Å². The van der Waals surface area contributed by atoms with Crippen molar-refractivity contribution in [2.24, 2.45) is 5.92 Å². The highest BCUT2D eigenvalue weighted by Crippen LogP contribution is 2.50. The van der Waals surface area contributed by atoms with Crippen molar-refractivity contribution >= 4 is 12.0 Å². The van der Waals surface area contributed by atoms with Gasteiger partial charge in [-0.05, 0) is 72.9 Å². The summed E-state index contributed by atoms with van der Waals surface area (Å²) < 4.78 is 27.9. The van der Waals surface area contributed by atoms with Gasteiger partial charge in [0.15, 0.2) is 0 Å². The van der Waals surface area contributed by atoms with Crippen LogP contribution >= 0.6 is 0 Å². The fourth-order valence-electron chi connectivity index (χ4n) is 6.94. The first-order chi connectivity index (χ1) is 18.5. The average molecular weight is 516 g/mol. The summed E-state index contributed by atoms with van der Waals surface area (Å²) in [6.07, 6.45) is 5.05. The summed E-state index contributed by atoms with van der Waals surface area (Å²) in [5.74, 6) is 0.696. The average Bonchev–Trinajstić information content (AvgIpc) is 3.35. The van der Waals surface area contributed by atoms with Crippen LogP contribution in [-0.2, 0) is 16.0 Å². The molecule has 1 N–H and O–H groups in total. The van der Waals surface area contributed by atoms with Gasteiger partial charge in [-0.15, -0.1) is 0 Å². The quantitative estimate of drug-likeness (QED) is 0.424. The number of rotatable bonds is 5. The SMILES string of the molecule is COc1cc(N2CCC3(CC2)CC(C=O)CO3)c(F)cc1[C@@H]1c2ccc(O)cc2CC[C@@H]1c1ccccc1. The van der Waals surface area contributed by atoms with Gasteiger partial charge in [0.25, 0.3) is 0 Å². The Morgan fingerprint density at radius 2 is 1.87 bits per heavy atom. The van der Waals surface area contributed by atoms with Crippen molar-refractivity contribution in [2.45, 2.75) is 49.5 Å². The summed E-state index contributed by atoms with van der Waals surface area (Å²) in [6.45, 7) is 1.83. The zero-order valence-electron chi connectivity index (χ0n) is 21.7. The summed E-state index contributed by atoms with van der Waals surface area (Å²) in [7, 11) is 1.65. The minimum atomic E-state index is -0.261. The Balaban J connectivity index is 1.35.